The van der Waals surface area contributed by atoms with Gasteiger partial charge >= 0.3 is 0 Å². The van der Waals surface area contributed by atoms with Crippen LogP contribution in [0, 0.1) is 11.8 Å². The Labute approximate surface area is 107 Å². The number of fused-ring (bicyclic) bond motifs is 2. The van der Waals surface area contributed by atoms with Crippen molar-refractivity contribution in [2.75, 3.05) is 18.0 Å². The van der Waals surface area contributed by atoms with Gasteiger partial charge < -0.3 is 9.47 Å². The van der Waals surface area contributed by atoms with Gasteiger partial charge in [0.15, 0.2) is 0 Å². The van der Waals surface area contributed by atoms with Crippen LogP contribution in [0.2, 0.25) is 0 Å². The van der Waals surface area contributed by atoms with Crippen LogP contribution in [-0.4, -0.2) is 22.6 Å². The second kappa shape index (κ2) is 3.74. The molecule has 0 spiro atoms. The van der Waals surface area contributed by atoms with E-state index >= 15 is 0 Å². The molecule has 0 amide bonds. The lowest BCUT2D eigenvalue weighted by Crippen LogP contribution is -2.23. The van der Waals surface area contributed by atoms with Crippen molar-refractivity contribution in [3.63, 3.8) is 0 Å². The van der Waals surface area contributed by atoms with E-state index in [1.807, 2.05) is 0 Å². The minimum Gasteiger partial charge on any atom is -0.342 e. The lowest BCUT2D eigenvalue weighted by molar-refractivity contribution is 0.494. The molecule has 0 bridgehead atoms. The molecule has 18 heavy (non-hydrogen) atoms. The molecule has 2 aliphatic rings. The lowest BCUT2D eigenvalue weighted by atomic mass is 10.0. The average Bonchev–Trinajstić information content (AvgIpc) is 3.02. The number of aromatic nitrogens is 2. The Morgan fingerprint density at radius 3 is 2.56 bits per heavy atom. The number of nitrogens with zero attached hydrogens (tertiary/aromatic N) is 3. The van der Waals surface area contributed by atoms with Crippen molar-refractivity contribution in [1.82, 2.24) is 9.55 Å². The smallest absolute Gasteiger partial charge is 0.206 e. The number of imidazole rings is 1. The molecule has 1 saturated carbocycles. The van der Waals surface area contributed by atoms with E-state index in [0.29, 0.717) is 0 Å². The van der Waals surface area contributed by atoms with Crippen LogP contribution in [0.25, 0.3) is 11.0 Å². The van der Waals surface area contributed by atoms with E-state index in [-0.39, 0.29) is 0 Å². The monoisotopic (exact) mass is 241 g/mol. The fourth-order valence-electron chi connectivity index (χ4n) is 3.81. The Kier molecular flexibility index (Phi) is 2.16. The third-order valence-electron chi connectivity index (χ3n) is 4.77. The predicted octanol–water partition coefficient (Wildman–Crippen LogP) is 2.81. The van der Waals surface area contributed by atoms with Gasteiger partial charge in [0.05, 0.1) is 11.0 Å². The van der Waals surface area contributed by atoms with Gasteiger partial charge in [0.1, 0.15) is 0 Å². The zero-order valence-electron chi connectivity index (χ0n) is 10.8. The van der Waals surface area contributed by atoms with Crippen LogP contribution in [0.5, 0.6) is 0 Å². The van der Waals surface area contributed by atoms with Crippen LogP contribution >= 0.6 is 0 Å². The summed E-state index contributed by atoms with van der Waals surface area (Å²) in [5.74, 6) is 3.00. The summed E-state index contributed by atoms with van der Waals surface area (Å²) in [6.45, 7) is 2.42. The maximum Gasteiger partial charge on any atom is 0.206 e. The van der Waals surface area contributed by atoms with E-state index in [2.05, 4.69) is 40.8 Å². The van der Waals surface area contributed by atoms with Crippen molar-refractivity contribution >= 4 is 17.0 Å². The minimum atomic E-state index is 0.921. The summed E-state index contributed by atoms with van der Waals surface area (Å²) in [5, 5.41) is 0. The molecule has 0 radical (unpaired) electrons. The first kappa shape index (κ1) is 10.4. The van der Waals surface area contributed by atoms with Crippen LogP contribution in [0.15, 0.2) is 24.3 Å². The van der Waals surface area contributed by atoms with Gasteiger partial charge in [0, 0.05) is 20.1 Å². The zero-order valence-corrected chi connectivity index (χ0v) is 10.8. The summed E-state index contributed by atoms with van der Waals surface area (Å²) in [4.78, 5) is 7.30. The van der Waals surface area contributed by atoms with Gasteiger partial charge in [-0.25, -0.2) is 4.98 Å². The summed E-state index contributed by atoms with van der Waals surface area (Å²) < 4.78 is 2.25. The minimum absolute atomic E-state index is 0.921. The third kappa shape index (κ3) is 1.39. The molecule has 3 heteroatoms. The van der Waals surface area contributed by atoms with E-state index < -0.39 is 0 Å². The first-order chi connectivity index (χ1) is 8.83. The Bertz CT molecular complexity index is 574. The highest BCUT2D eigenvalue weighted by Crippen LogP contribution is 2.39. The van der Waals surface area contributed by atoms with Crippen LogP contribution in [0.3, 0.4) is 0 Å². The summed E-state index contributed by atoms with van der Waals surface area (Å²) in [5.41, 5.74) is 2.36. The molecule has 1 aliphatic heterocycles. The topological polar surface area (TPSA) is 21.1 Å². The van der Waals surface area contributed by atoms with Crippen molar-refractivity contribution in [2.45, 2.75) is 19.3 Å². The molecule has 1 aromatic carbocycles. The number of aryl methyl sites for hydroxylation is 1. The van der Waals surface area contributed by atoms with Gasteiger partial charge in [-0.05, 0) is 36.8 Å². The van der Waals surface area contributed by atoms with Crippen LogP contribution in [-0.2, 0) is 7.05 Å². The van der Waals surface area contributed by atoms with Gasteiger partial charge in [0.2, 0.25) is 5.95 Å². The molecule has 2 heterocycles. The molecule has 2 atom stereocenters. The van der Waals surface area contributed by atoms with E-state index in [0.717, 1.165) is 23.3 Å². The van der Waals surface area contributed by atoms with Gasteiger partial charge in [0.25, 0.3) is 0 Å². The lowest BCUT2D eigenvalue weighted by Gasteiger charge is -2.18. The molecular weight excluding hydrogens is 222 g/mol. The maximum absolute atomic E-state index is 4.81. The standard InChI is InChI=1S/C15H19N3/c1-17-14-8-3-2-7-13(14)16-15(17)18-9-11-5-4-6-12(11)10-18/h2-3,7-8,11-12H,4-6,9-10H2,1H3. The molecule has 0 N–H and O–H groups in total. The number of hydrogen-bond acceptors (Lipinski definition) is 2. The second-order valence-corrected chi connectivity index (χ2v) is 5.82. The molecule has 4 rings (SSSR count). The Morgan fingerprint density at radius 2 is 1.83 bits per heavy atom. The molecule has 2 fully saturated rings. The largest absolute Gasteiger partial charge is 0.342 e. The molecule has 94 valence electrons. The molecule has 2 unspecified atom stereocenters. The number of anilines is 1. The van der Waals surface area contributed by atoms with E-state index in [9.17, 15) is 0 Å². The summed E-state index contributed by atoms with van der Waals surface area (Å²) in [6.07, 6.45) is 4.28. The Balaban J connectivity index is 1.73. The number of rotatable bonds is 1. The molecule has 1 saturated heterocycles. The van der Waals surface area contributed by atoms with Crippen molar-refractivity contribution in [2.24, 2.45) is 18.9 Å². The molecule has 3 nitrogen and oxygen atoms in total. The first-order valence-corrected chi connectivity index (χ1v) is 6.99. The highest BCUT2D eigenvalue weighted by atomic mass is 15.3. The number of para-hydroxylation sites is 2. The van der Waals surface area contributed by atoms with Crippen LogP contribution < -0.4 is 4.90 Å². The molecule has 1 aromatic heterocycles. The van der Waals surface area contributed by atoms with Crippen molar-refractivity contribution in [3.05, 3.63) is 24.3 Å². The normalized spacial score (nSPS) is 27.1. The van der Waals surface area contributed by atoms with Gasteiger partial charge in [-0.15, -0.1) is 0 Å². The predicted molar refractivity (Wildman–Crippen MR) is 73.8 cm³/mol. The van der Waals surface area contributed by atoms with E-state index in [4.69, 9.17) is 4.98 Å². The van der Waals surface area contributed by atoms with E-state index in [1.165, 1.54) is 37.9 Å². The quantitative estimate of drug-likeness (QED) is 0.765. The van der Waals surface area contributed by atoms with Crippen LogP contribution in [0.1, 0.15) is 19.3 Å². The summed E-state index contributed by atoms with van der Waals surface area (Å²) in [7, 11) is 2.14. The van der Waals surface area contributed by atoms with Crippen molar-refractivity contribution in [3.8, 4) is 0 Å². The fraction of sp³-hybridized carbons (Fsp3) is 0.533. The first-order valence-electron chi connectivity index (χ1n) is 6.99. The van der Waals surface area contributed by atoms with Gasteiger partial charge in [-0.1, -0.05) is 18.6 Å². The third-order valence-corrected chi connectivity index (χ3v) is 4.77. The molecule has 1 aliphatic carbocycles. The van der Waals surface area contributed by atoms with Gasteiger partial charge in [-0.2, -0.15) is 0 Å². The fourth-order valence-corrected chi connectivity index (χ4v) is 3.81. The Hall–Kier alpha value is -1.51. The highest BCUT2D eigenvalue weighted by Gasteiger charge is 2.37. The van der Waals surface area contributed by atoms with Crippen molar-refractivity contribution in [1.29, 1.82) is 0 Å². The summed E-state index contributed by atoms with van der Waals surface area (Å²) in [6, 6.07) is 8.42. The van der Waals surface area contributed by atoms with E-state index in [1.54, 1.807) is 0 Å². The molecule has 2 aromatic rings. The van der Waals surface area contributed by atoms with Gasteiger partial charge in [-0.3, -0.25) is 0 Å². The SMILES string of the molecule is Cn1c(N2CC3CCCC3C2)nc2ccccc21. The highest BCUT2D eigenvalue weighted by molar-refractivity contribution is 5.78. The average molecular weight is 241 g/mol. The zero-order chi connectivity index (χ0) is 12.1. The number of hydrogen-bond donors (Lipinski definition) is 0. The second-order valence-electron chi connectivity index (χ2n) is 5.82. The Morgan fingerprint density at radius 1 is 1.11 bits per heavy atom. The van der Waals surface area contributed by atoms with Crippen molar-refractivity contribution < 1.29 is 0 Å². The molecular formula is C15H19N3. The number of benzene rings is 1. The summed E-state index contributed by atoms with van der Waals surface area (Å²) >= 11 is 0. The maximum atomic E-state index is 4.81. The van der Waals surface area contributed by atoms with Crippen LogP contribution in [0.4, 0.5) is 5.95 Å².